The fraction of sp³-hybridized carbons (Fsp3) is 0.350. The molecule has 1 heterocycles. The molecule has 0 spiro atoms. The Labute approximate surface area is 156 Å². The van der Waals surface area contributed by atoms with Crippen LogP contribution >= 0.6 is 0 Å². The van der Waals surface area contributed by atoms with Gasteiger partial charge >= 0.3 is 6.61 Å². The number of halogens is 2. The number of alkyl halides is 2. The van der Waals surface area contributed by atoms with E-state index in [0.29, 0.717) is 6.54 Å². The van der Waals surface area contributed by atoms with Gasteiger partial charge in [-0.3, -0.25) is 4.79 Å². The van der Waals surface area contributed by atoms with Crippen molar-refractivity contribution in [1.82, 2.24) is 5.32 Å². The first-order chi connectivity index (χ1) is 13.1. The number of carbonyl (C=O) groups excluding carboxylic acids is 1. The third kappa shape index (κ3) is 4.87. The van der Waals surface area contributed by atoms with Crippen LogP contribution in [0, 0.1) is 0 Å². The van der Waals surface area contributed by atoms with Crippen molar-refractivity contribution in [2.24, 2.45) is 0 Å². The van der Waals surface area contributed by atoms with E-state index in [4.69, 9.17) is 4.74 Å². The molecule has 2 aromatic carbocycles. The number of nitrogens with zero attached hydrogens (tertiary/aromatic N) is 1. The number of benzene rings is 2. The van der Waals surface area contributed by atoms with Gasteiger partial charge in [-0.15, -0.1) is 0 Å². The number of nitrogens with one attached hydrogen (secondary N) is 1. The molecule has 0 unspecified atom stereocenters. The number of rotatable bonds is 7. The van der Waals surface area contributed by atoms with Crippen LogP contribution in [0.1, 0.15) is 28.8 Å². The molecule has 1 fully saturated rings. The summed E-state index contributed by atoms with van der Waals surface area (Å²) < 4.78 is 34.4. The van der Waals surface area contributed by atoms with E-state index >= 15 is 0 Å². The van der Waals surface area contributed by atoms with Crippen LogP contribution in [0.15, 0.2) is 42.5 Å². The second kappa shape index (κ2) is 8.70. The molecule has 0 saturated carbocycles. The van der Waals surface area contributed by atoms with Crippen LogP contribution in [0.5, 0.6) is 11.5 Å². The van der Waals surface area contributed by atoms with E-state index in [1.165, 1.54) is 43.8 Å². The SMILES string of the molecule is COc1ccc(C(=O)NCc2ccc(N3CCCC3)cc2)cc1OC(F)F. The van der Waals surface area contributed by atoms with Crippen molar-refractivity contribution in [3.05, 3.63) is 53.6 Å². The van der Waals surface area contributed by atoms with Gasteiger partial charge in [0.25, 0.3) is 5.91 Å². The largest absolute Gasteiger partial charge is 0.493 e. The molecule has 1 aliphatic heterocycles. The molecule has 0 radical (unpaired) electrons. The van der Waals surface area contributed by atoms with Gasteiger partial charge in [0.2, 0.25) is 0 Å². The average molecular weight is 376 g/mol. The molecule has 1 aliphatic rings. The minimum absolute atomic E-state index is 0.143. The fourth-order valence-corrected chi connectivity index (χ4v) is 3.09. The van der Waals surface area contributed by atoms with E-state index in [2.05, 4.69) is 27.1 Å². The van der Waals surface area contributed by atoms with Crippen LogP contribution in [0.3, 0.4) is 0 Å². The zero-order valence-corrected chi connectivity index (χ0v) is 15.1. The predicted molar refractivity (Wildman–Crippen MR) is 98.7 cm³/mol. The number of hydrogen-bond acceptors (Lipinski definition) is 4. The molecule has 0 atom stereocenters. The lowest BCUT2D eigenvalue weighted by Crippen LogP contribution is -2.23. The van der Waals surface area contributed by atoms with Gasteiger partial charge < -0.3 is 19.7 Å². The molecule has 27 heavy (non-hydrogen) atoms. The first kappa shape index (κ1) is 18.9. The quantitative estimate of drug-likeness (QED) is 0.798. The average Bonchev–Trinajstić information content (AvgIpc) is 3.21. The lowest BCUT2D eigenvalue weighted by atomic mass is 10.1. The van der Waals surface area contributed by atoms with Crippen molar-refractivity contribution in [3.8, 4) is 11.5 Å². The van der Waals surface area contributed by atoms with Crippen molar-refractivity contribution >= 4 is 11.6 Å². The highest BCUT2D eigenvalue weighted by Crippen LogP contribution is 2.29. The maximum Gasteiger partial charge on any atom is 0.387 e. The lowest BCUT2D eigenvalue weighted by molar-refractivity contribution is -0.0512. The van der Waals surface area contributed by atoms with Gasteiger partial charge in [-0.25, -0.2) is 0 Å². The summed E-state index contributed by atoms with van der Waals surface area (Å²) in [6.45, 7) is -0.491. The molecule has 2 aromatic rings. The first-order valence-corrected chi connectivity index (χ1v) is 8.82. The molecule has 3 rings (SSSR count). The van der Waals surface area contributed by atoms with Crippen LogP contribution in [0.2, 0.25) is 0 Å². The smallest absolute Gasteiger partial charge is 0.387 e. The van der Waals surface area contributed by atoms with Crippen molar-refractivity contribution in [1.29, 1.82) is 0 Å². The maximum absolute atomic E-state index is 12.5. The van der Waals surface area contributed by atoms with E-state index in [1.807, 2.05) is 12.1 Å². The summed E-state index contributed by atoms with van der Waals surface area (Å²) in [4.78, 5) is 14.7. The van der Waals surface area contributed by atoms with Crippen LogP contribution in [0.4, 0.5) is 14.5 Å². The Kier molecular flexibility index (Phi) is 6.11. The molecular weight excluding hydrogens is 354 g/mol. The normalized spacial score (nSPS) is 13.7. The van der Waals surface area contributed by atoms with Crippen LogP contribution < -0.4 is 19.7 Å². The molecule has 144 valence electrons. The zero-order valence-electron chi connectivity index (χ0n) is 15.1. The summed E-state index contributed by atoms with van der Waals surface area (Å²) in [5.74, 6) is -0.403. The number of hydrogen-bond donors (Lipinski definition) is 1. The molecule has 0 bridgehead atoms. The third-order valence-corrected chi connectivity index (χ3v) is 4.50. The van der Waals surface area contributed by atoms with Gasteiger partial charge in [0.05, 0.1) is 7.11 Å². The van der Waals surface area contributed by atoms with Gasteiger partial charge in [-0.1, -0.05) is 12.1 Å². The van der Waals surface area contributed by atoms with E-state index < -0.39 is 6.61 Å². The van der Waals surface area contributed by atoms with Crippen molar-refractivity contribution in [3.63, 3.8) is 0 Å². The Balaban J connectivity index is 1.61. The zero-order chi connectivity index (χ0) is 19.2. The maximum atomic E-state index is 12.5. The Morgan fingerprint density at radius 1 is 1.11 bits per heavy atom. The van der Waals surface area contributed by atoms with E-state index in [0.717, 1.165) is 18.7 Å². The number of methoxy groups -OCH3 is 1. The number of ether oxygens (including phenoxy) is 2. The Bertz CT molecular complexity index is 775. The van der Waals surface area contributed by atoms with Gasteiger partial charge in [0.1, 0.15) is 0 Å². The highest BCUT2D eigenvalue weighted by Gasteiger charge is 2.15. The van der Waals surface area contributed by atoms with Crippen molar-refractivity contribution < 1.29 is 23.0 Å². The molecule has 0 aliphatic carbocycles. The van der Waals surface area contributed by atoms with E-state index in [-0.39, 0.29) is 23.0 Å². The highest BCUT2D eigenvalue weighted by atomic mass is 19.3. The molecular formula is C20H22F2N2O3. The minimum Gasteiger partial charge on any atom is -0.493 e. The van der Waals surface area contributed by atoms with E-state index in [9.17, 15) is 13.6 Å². The predicted octanol–water partition coefficient (Wildman–Crippen LogP) is 3.83. The van der Waals surface area contributed by atoms with Gasteiger partial charge in [-0.2, -0.15) is 8.78 Å². The summed E-state index contributed by atoms with van der Waals surface area (Å²) in [5, 5.41) is 2.79. The summed E-state index contributed by atoms with van der Waals surface area (Å²) >= 11 is 0. The number of anilines is 1. The summed E-state index contributed by atoms with van der Waals surface area (Å²) in [6, 6.07) is 12.2. The Morgan fingerprint density at radius 2 is 1.81 bits per heavy atom. The summed E-state index contributed by atoms with van der Waals surface area (Å²) in [7, 11) is 1.35. The Morgan fingerprint density at radius 3 is 2.44 bits per heavy atom. The minimum atomic E-state index is -2.99. The molecule has 0 aromatic heterocycles. The lowest BCUT2D eigenvalue weighted by Gasteiger charge is -2.17. The van der Waals surface area contributed by atoms with Crippen LogP contribution in [-0.4, -0.2) is 32.7 Å². The second-order valence-electron chi connectivity index (χ2n) is 6.29. The van der Waals surface area contributed by atoms with Gasteiger partial charge in [0, 0.05) is 30.9 Å². The first-order valence-electron chi connectivity index (χ1n) is 8.82. The summed E-state index contributed by atoms with van der Waals surface area (Å²) in [6.07, 6.45) is 2.44. The van der Waals surface area contributed by atoms with Gasteiger partial charge in [-0.05, 0) is 48.7 Å². The molecule has 5 nitrogen and oxygen atoms in total. The molecule has 1 N–H and O–H groups in total. The summed E-state index contributed by atoms with van der Waals surface area (Å²) in [5.41, 5.74) is 2.37. The van der Waals surface area contributed by atoms with Crippen LogP contribution in [-0.2, 0) is 6.54 Å². The van der Waals surface area contributed by atoms with E-state index in [1.54, 1.807) is 0 Å². The molecule has 1 saturated heterocycles. The standard InChI is InChI=1S/C20H22F2N2O3/c1-26-17-9-6-15(12-18(17)27-20(21)22)19(25)23-13-14-4-7-16(8-5-14)24-10-2-3-11-24/h4-9,12,20H,2-3,10-11,13H2,1H3,(H,23,25). The highest BCUT2D eigenvalue weighted by molar-refractivity contribution is 5.94. The third-order valence-electron chi connectivity index (χ3n) is 4.50. The number of amides is 1. The molecule has 1 amide bonds. The fourth-order valence-electron chi connectivity index (χ4n) is 3.09. The number of carbonyl (C=O) groups is 1. The van der Waals surface area contributed by atoms with Crippen molar-refractivity contribution in [2.45, 2.75) is 26.0 Å². The topological polar surface area (TPSA) is 50.8 Å². The molecule has 7 heteroatoms. The van der Waals surface area contributed by atoms with Crippen molar-refractivity contribution in [2.75, 3.05) is 25.1 Å². The van der Waals surface area contributed by atoms with Gasteiger partial charge in [0.15, 0.2) is 11.5 Å². The van der Waals surface area contributed by atoms with Crippen LogP contribution in [0.25, 0.3) is 0 Å². The monoisotopic (exact) mass is 376 g/mol. The second-order valence-corrected chi connectivity index (χ2v) is 6.29. The Hall–Kier alpha value is -2.83.